The van der Waals surface area contributed by atoms with Gasteiger partial charge in [-0.25, -0.2) is 0 Å². The van der Waals surface area contributed by atoms with Crippen LogP contribution in [0.2, 0.25) is 0 Å². The van der Waals surface area contributed by atoms with E-state index in [9.17, 15) is 10.1 Å². The maximum atomic E-state index is 10.7. The molecule has 18 heavy (non-hydrogen) atoms. The number of aliphatic hydroxyl groups is 1. The molecule has 0 radical (unpaired) electrons. The second kappa shape index (κ2) is 7.08. The largest absolute Gasteiger partial charge is 0.396 e. The van der Waals surface area contributed by atoms with Gasteiger partial charge in [0.05, 0.1) is 4.92 Å². The minimum absolute atomic E-state index is 0.0823. The number of hydrogen-bond acceptors (Lipinski definition) is 4. The van der Waals surface area contributed by atoms with Gasteiger partial charge in [0.1, 0.15) is 0 Å². The third kappa shape index (κ3) is 4.09. The minimum atomic E-state index is -0.382. The Morgan fingerprint density at radius 2 is 2.22 bits per heavy atom. The number of non-ortho nitro benzene ring substituents is 1. The lowest BCUT2D eigenvalue weighted by molar-refractivity contribution is -0.384. The first-order valence-corrected chi connectivity index (χ1v) is 6.17. The Labute approximate surface area is 107 Å². The van der Waals surface area contributed by atoms with Gasteiger partial charge in [0.2, 0.25) is 0 Å². The Morgan fingerprint density at radius 1 is 1.50 bits per heavy atom. The first-order valence-electron chi connectivity index (χ1n) is 6.17. The highest BCUT2D eigenvalue weighted by Gasteiger charge is 2.13. The van der Waals surface area contributed by atoms with Crippen molar-refractivity contribution in [3.63, 3.8) is 0 Å². The molecule has 5 nitrogen and oxygen atoms in total. The van der Waals surface area contributed by atoms with Gasteiger partial charge >= 0.3 is 0 Å². The molecule has 2 atom stereocenters. The predicted molar refractivity (Wildman–Crippen MR) is 70.4 cm³/mol. The zero-order chi connectivity index (χ0) is 13.5. The predicted octanol–water partition coefficient (Wildman–Crippen LogP) is 2.26. The molecule has 5 heteroatoms. The molecule has 0 saturated heterocycles. The number of nitro groups is 1. The van der Waals surface area contributed by atoms with Crippen molar-refractivity contribution < 1.29 is 10.0 Å². The summed E-state index contributed by atoms with van der Waals surface area (Å²) in [6.07, 6.45) is 0.847. The van der Waals surface area contributed by atoms with Crippen LogP contribution in [0.15, 0.2) is 24.3 Å². The monoisotopic (exact) mass is 252 g/mol. The number of rotatable bonds is 7. The van der Waals surface area contributed by atoms with E-state index in [1.165, 1.54) is 6.07 Å². The van der Waals surface area contributed by atoms with Crippen molar-refractivity contribution in [3.05, 3.63) is 39.9 Å². The zero-order valence-corrected chi connectivity index (χ0v) is 10.8. The zero-order valence-electron chi connectivity index (χ0n) is 10.8. The molecule has 0 fully saturated rings. The molecular weight excluding hydrogens is 232 g/mol. The van der Waals surface area contributed by atoms with E-state index in [2.05, 4.69) is 5.32 Å². The lowest BCUT2D eigenvalue weighted by Gasteiger charge is -2.19. The Morgan fingerprint density at radius 3 is 2.78 bits per heavy atom. The fourth-order valence-corrected chi connectivity index (χ4v) is 1.76. The van der Waals surface area contributed by atoms with Crippen LogP contribution in [0.3, 0.4) is 0 Å². The van der Waals surface area contributed by atoms with Gasteiger partial charge in [-0.15, -0.1) is 0 Å². The lowest BCUT2D eigenvalue weighted by atomic mass is 10.0. The van der Waals surface area contributed by atoms with Crippen LogP contribution >= 0.6 is 0 Å². The summed E-state index contributed by atoms with van der Waals surface area (Å²) >= 11 is 0. The van der Waals surface area contributed by atoms with E-state index in [1.807, 2.05) is 19.9 Å². The average molecular weight is 252 g/mol. The third-order valence-corrected chi connectivity index (χ3v) is 2.92. The van der Waals surface area contributed by atoms with E-state index in [-0.39, 0.29) is 29.2 Å². The van der Waals surface area contributed by atoms with Crippen LogP contribution in [0, 0.1) is 16.0 Å². The van der Waals surface area contributed by atoms with E-state index < -0.39 is 0 Å². The molecule has 1 rings (SSSR count). The molecule has 2 N–H and O–H groups in total. The maximum Gasteiger partial charge on any atom is 0.269 e. The highest BCUT2D eigenvalue weighted by Crippen LogP contribution is 2.21. The summed E-state index contributed by atoms with van der Waals surface area (Å²) in [5.74, 6) is 0.178. The molecule has 0 aromatic heterocycles. The molecule has 0 bridgehead atoms. The lowest BCUT2D eigenvalue weighted by Crippen LogP contribution is -2.27. The molecule has 0 aliphatic heterocycles. The number of hydrogen-bond donors (Lipinski definition) is 2. The molecule has 1 aromatic rings. The van der Waals surface area contributed by atoms with E-state index in [0.717, 1.165) is 12.0 Å². The fraction of sp³-hybridized carbons (Fsp3) is 0.538. The van der Waals surface area contributed by atoms with Crippen molar-refractivity contribution in [3.8, 4) is 0 Å². The second-order valence-corrected chi connectivity index (χ2v) is 4.51. The summed E-state index contributed by atoms with van der Waals surface area (Å²) in [4.78, 5) is 10.3. The van der Waals surface area contributed by atoms with Crippen molar-refractivity contribution in [1.29, 1.82) is 0 Å². The summed E-state index contributed by atoms with van der Waals surface area (Å²) in [7, 11) is 0. The molecule has 0 heterocycles. The number of nitrogens with one attached hydrogen (secondary N) is 1. The van der Waals surface area contributed by atoms with Crippen LogP contribution in [-0.4, -0.2) is 23.2 Å². The van der Waals surface area contributed by atoms with Crippen LogP contribution in [0.5, 0.6) is 0 Å². The van der Waals surface area contributed by atoms with Crippen molar-refractivity contribution in [2.75, 3.05) is 13.2 Å². The molecule has 0 aliphatic rings. The van der Waals surface area contributed by atoms with Crippen LogP contribution in [0.25, 0.3) is 0 Å². The molecule has 1 aromatic carbocycles. The normalized spacial score (nSPS) is 14.2. The van der Waals surface area contributed by atoms with E-state index in [1.54, 1.807) is 12.1 Å². The molecule has 0 aliphatic carbocycles. The summed E-state index contributed by atoms with van der Waals surface area (Å²) in [6.45, 7) is 4.81. The topological polar surface area (TPSA) is 75.4 Å². The van der Waals surface area contributed by atoms with Gasteiger partial charge < -0.3 is 10.4 Å². The van der Waals surface area contributed by atoms with Gasteiger partial charge in [-0.05, 0) is 17.9 Å². The first-order chi connectivity index (χ1) is 8.58. The number of nitro benzene ring substituents is 1. The van der Waals surface area contributed by atoms with Gasteiger partial charge in [0, 0.05) is 31.3 Å². The first kappa shape index (κ1) is 14.6. The van der Waals surface area contributed by atoms with Gasteiger partial charge in [-0.3, -0.25) is 10.1 Å². The van der Waals surface area contributed by atoms with Crippen LogP contribution in [0.4, 0.5) is 5.69 Å². The summed E-state index contributed by atoms with van der Waals surface area (Å²) in [6, 6.07) is 6.77. The van der Waals surface area contributed by atoms with E-state index in [0.29, 0.717) is 6.54 Å². The van der Waals surface area contributed by atoms with Crippen molar-refractivity contribution in [2.24, 2.45) is 5.92 Å². The highest BCUT2D eigenvalue weighted by atomic mass is 16.6. The smallest absolute Gasteiger partial charge is 0.269 e. The van der Waals surface area contributed by atoms with Crippen molar-refractivity contribution in [2.45, 2.75) is 26.3 Å². The SMILES string of the molecule is CCC(NCC(C)CO)c1cccc([N+](=O)[O-])c1. The van der Waals surface area contributed by atoms with Gasteiger partial charge in [-0.2, -0.15) is 0 Å². The van der Waals surface area contributed by atoms with Crippen LogP contribution in [-0.2, 0) is 0 Å². The fourth-order valence-electron chi connectivity index (χ4n) is 1.76. The summed E-state index contributed by atoms with van der Waals surface area (Å²) in [5.41, 5.74) is 1.03. The molecule has 0 spiro atoms. The Hall–Kier alpha value is -1.46. The van der Waals surface area contributed by atoms with Crippen molar-refractivity contribution in [1.82, 2.24) is 5.32 Å². The molecular formula is C13H20N2O3. The maximum absolute atomic E-state index is 10.7. The number of nitrogens with zero attached hydrogens (tertiary/aromatic N) is 1. The standard InChI is InChI=1S/C13H20N2O3/c1-3-13(14-8-10(2)9-16)11-5-4-6-12(7-11)15(17)18/h4-7,10,13-14,16H,3,8-9H2,1-2H3. The second-order valence-electron chi connectivity index (χ2n) is 4.51. The van der Waals surface area contributed by atoms with Gasteiger partial charge in [-0.1, -0.05) is 26.0 Å². The Balaban J connectivity index is 2.75. The quantitative estimate of drug-likeness (QED) is 0.576. The summed E-state index contributed by atoms with van der Waals surface area (Å²) < 4.78 is 0. The molecule has 100 valence electrons. The summed E-state index contributed by atoms with van der Waals surface area (Å²) in [5, 5.41) is 23.0. The number of aliphatic hydroxyl groups excluding tert-OH is 1. The Kier molecular flexibility index (Phi) is 5.74. The van der Waals surface area contributed by atoms with Gasteiger partial charge in [0.15, 0.2) is 0 Å². The average Bonchev–Trinajstić information content (AvgIpc) is 2.39. The van der Waals surface area contributed by atoms with E-state index in [4.69, 9.17) is 5.11 Å². The minimum Gasteiger partial charge on any atom is -0.396 e. The Bertz CT molecular complexity index is 396. The van der Waals surface area contributed by atoms with E-state index >= 15 is 0 Å². The molecule has 2 unspecified atom stereocenters. The van der Waals surface area contributed by atoms with Crippen molar-refractivity contribution >= 4 is 5.69 Å². The van der Waals surface area contributed by atoms with Crippen LogP contribution in [0.1, 0.15) is 31.9 Å². The number of benzene rings is 1. The molecule has 0 amide bonds. The highest BCUT2D eigenvalue weighted by molar-refractivity contribution is 5.35. The third-order valence-electron chi connectivity index (χ3n) is 2.92. The molecule has 0 saturated carbocycles. The van der Waals surface area contributed by atoms with Gasteiger partial charge in [0.25, 0.3) is 5.69 Å². The van der Waals surface area contributed by atoms with Crippen LogP contribution < -0.4 is 5.32 Å².